The van der Waals surface area contributed by atoms with Crippen LogP contribution in [0.5, 0.6) is 0 Å². The summed E-state index contributed by atoms with van der Waals surface area (Å²) >= 11 is 0. The van der Waals surface area contributed by atoms with E-state index in [1.165, 1.54) is 0 Å². The molecular formula is C18H22N3O2+. The van der Waals surface area contributed by atoms with Crippen molar-refractivity contribution in [3.63, 3.8) is 0 Å². The molecule has 3 aliphatic heterocycles. The maximum Gasteiger partial charge on any atom is 0.190 e. The van der Waals surface area contributed by atoms with Crippen molar-refractivity contribution < 1.29 is 19.4 Å². The lowest BCUT2D eigenvalue weighted by atomic mass is 9.92. The van der Waals surface area contributed by atoms with Crippen molar-refractivity contribution in [2.45, 2.75) is 38.1 Å². The van der Waals surface area contributed by atoms with Crippen LogP contribution in [0.25, 0.3) is 0 Å². The minimum Gasteiger partial charge on any atom is -0.366 e. The third kappa shape index (κ3) is 3.35. The van der Waals surface area contributed by atoms with Crippen LogP contribution in [0.15, 0.2) is 30.5 Å². The summed E-state index contributed by atoms with van der Waals surface area (Å²) < 4.78 is 4.20. The van der Waals surface area contributed by atoms with Gasteiger partial charge in [-0.2, -0.15) is 0 Å². The molecule has 120 valence electrons. The zero-order chi connectivity index (χ0) is 15.9. The first-order chi connectivity index (χ1) is 11.1. The van der Waals surface area contributed by atoms with Crippen LogP contribution < -0.4 is 0 Å². The molecule has 1 aromatic heterocycles. The molecule has 2 atom stereocenters. The molecule has 4 heterocycles. The van der Waals surface area contributed by atoms with E-state index in [9.17, 15) is 10.2 Å². The Balaban J connectivity index is 1.67. The molecule has 3 aliphatic rings. The molecule has 0 radical (unpaired) electrons. The number of hydrogen-bond acceptors (Lipinski definition) is 3. The Labute approximate surface area is 135 Å². The van der Waals surface area contributed by atoms with Crippen LogP contribution in [0.3, 0.4) is 0 Å². The first kappa shape index (κ1) is 14.6. The zero-order valence-corrected chi connectivity index (χ0v) is 13.0. The van der Waals surface area contributed by atoms with Crippen LogP contribution >= 0.6 is 0 Å². The van der Waals surface area contributed by atoms with Crippen LogP contribution in [0.4, 0.5) is 0 Å². The van der Waals surface area contributed by atoms with Crippen molar-refractivity contribution in [2.75, 3.05) is 0 Å². The lowest BCUT2D eigenvalue weighted by Crippen LogP contribution is -2.33. The van der Waals surface area contributed by atoms with E-state index in [1.54, 1.807) is 0 Å². The molecule has 0 aliphatic carbocycles. The molecule has 0 saturated heterocycles. The number of hydrogen-bond donors (Lipinski definition) is 2. The standard InChI is InChI=1S/C18H22N3O2/c22-18(23)8-14-4-6-20(10-14)12-16-2-1-3-17(19-16)13-21-7-5-15(9-18)11-21/h1-4,6-7,10-11,14-15,22-23H,5,8-9,12-13H2/q+1. The smallest absolute Gasteiger partial charge is 0.190 e. The fraction of sp³-hybridized carbons (Fsp3) is 0.444. The molecule has 4 rings (SSSR count). The lowest BCUT2D eigenvalue weighted by Gasteiger charge is -2.25. The number of rotatable bonds is 0. The van der Waals surface area contributed by atoms with Crippen LogP contribution in [-0.4, -0.2) is 42.6 Å². The third-order valence-electron chi connectivity index (χ3n) is 4.66. The summed E-state index contributed by atoms with van der Waals surface area (Å²) in [6, 6.07) is 6.13. The lowest BCUT2D eigenvalue weighted by molar-refractivity contribution is -0.495. The normalized spacial score (nSPS) is 28.6. The minimum absolute atomic E-state index is 0.0533. The van der Waals surface area contributed by atoms with Gasteiger partial charge in [-0.25, -0.2) is 9.56 Å². The Hall–Kier alpha value is -1.98. The summed E-state index contributed by atoms with van der Waals surface area (Å²) in [5.41, 5.74) is 2.06. The molecule has 2 N–H and O–H groups in total. The molecule has 5 heteroatoms. The SMILES string of the molecule is OC1(O)CC2C=C[N+](=C2)Cc2cccc(n2)C[N+]2=CC(C[CH-]2)C1. The molecule has 2 unspecified atom stereocenters. The van der Waals surface area contributed by atoms with Crippen molar-refractivity contribution in [3.8, 4) is 0 Å². The Kier molecular flexibility index (Phi) is 3.54. The molecule has 6 bridgehead atoms. The summed E-state index contributed by atoms with van der Waals surface area (Å²) in [7, 11) is 0. The van der Waals surface area contributed by atoms with Crippen LogP contribution in [0.1, 0.15) is 30.7 Å². The number of nitrogens with zero attached hydrogens (tertiary/aromatic N) is 3. The molecule has 23 heavy (non-hydrogen) atoms. The minimum atomic E-state index is -1.64. The van der Waals surface area contributed by atoms with Gasteiger partial charge >= 0.3 is 0 Å². The van der Waals surface area contributed by atoms with Gasteiger partial charge in [0.15, 0.2) is 31.3 Å². The van der Waals surface area contributed by atoms with E-state index in [2.05, 4.69) is 34.2 Å². The summed E-state index contributed by atoms with van der Waals surface area (Å²) in [5, 5.41) is 20.7. The van der Waals surface area contributed by atoms with E-state index in [-0.39, 0.29) is 11.8 Å². The second-order valence-corrected chi connectivity index (χ2v) is 6.84. The Morgan fingerprint density at radius 3 is 2.83 bits per heavy atom. The molecule has 0 amide bonds. The second kappa shape index (κ2) is 5.58. The first-order valence-electron chi connectivity index (χ1n) is 8.18. The number of aliphatic hydroxyl groups is 2. The van der Waals surface area contributed by atoms with Gasteiger partial charge in [0.2, 0.25) is 0 Å². The molecule has 0 fully saturated rings. The number of aromatic nitrogens is 1. The highest BCUT2D eigenvalue weighted by Gasteiger charge is 2.33. The zero-order valence-electron chi connectivity index (χ0n) is 13.0. The average molecular weight is 312 g/mol. The third-order valence-corrected chi connectivity index (χ3v) is 4.66. The topological polar surface area (TPSA) is 59.4 Å². The van der Waals surface area contributed by atoms with Gasteiger partial charge in [0.05, 0.1) is 5.92 Å². The van der Waals surface area contributed by atoms with E-state index in [1.807, 2.05) is 24.4 Å². The monoisotopic (exact) mass is 312 g/mol. The summed E-state index contributed by atoms with van der Waals surface area (Å²) in [4.78, 5) is 4.75. The van der Waals surface area contributed by atoms with Gasteiger partial charge in [0.1, 0.15) is 11.4 Å². The van der Waals surface area contributed by atoms with E-state index < -0.39 is 5.79 Å². The molecule has 1 aromatic rings. The summed E-state index contributed by atoms with van der Waals surface area (Å²) in [5.74, 6) is -1.42. The molecular weight excluding hydrogens is 290 g/mol. The predicted octanol–water partition coefficient (Wildman–Crippen LogP) is 1.05. The van der Waals surface area contributed by atoms with E-state index >= 15 is 0 Å². The highest BCUT2D eigenvalue weighted by molar-refractivity contribution is 5.60. The number of allylic oxidation sites excluding steroid dienone is 1. The summed E-state index contributed by atoms with van der Waals surface area (Å²) in [6.45, 7) is 3.56. The van der Waals surface area contributed by atoms with Crippen molar-refractivity contribution >= 4 is 12.4 Å². The van der Waals surface area contributed by atoms with Gasteiger partial charge in [0.25, 0.3) is 0 Å². The van der Waals surface area contributed by atoms with Crippen LogP contribution in [-0.2, 0) is 13.1 Å². The van der Waals surface area contributed by atoms with Crippen LogP contribution in [0.2, 0.25) is 0 Å². The van der Waals surface area contributed by atoms with Crippen LogP contribution in [0, 0.1) is 18.4 Å². The maximum atomic E-state index is 10.4. The van der Waals surface area contributed by atoms with E-state index in [0.29, 0.717) is 19.4 Å². The van der Waals surface area contributed by atoms with Crippen molar-refractivity contribution in [1.29, 1.82) is 0 Å². The molecule has 0 spiro atoms. The van der Waals surface area contributed by atoms with E-state index in [4.69, 9.17) is 4.98 Å². The average Bonchev–Trinajstić information content (AvgIpc) is 3.07. The summed E-state index contributed by atoms with van der Waals surface area (Å²) in [6.07, 6.45) is 9.73. The van der Waals surface area contributed by atoms with Crippen molar-refractivity contribution in [2.24, 2.45) is 11.8 Å². The highest BCUT2D eigenvalue weighted by atomic mass is 16.5. The van der Waals surface area contributed by atoms with Gasteiger partial charge in [0, 0.05) is 19.2 Å². The Morgan fingerprint density at radius 2 is 1.96 bits per heavy atom. The first-order valence-corrected chi connectivity index (χ1v) is 8.18. The fourth-order valence-corrected chi connectivity index (χ4v) is 3.67. The van der Waals surface area contributed by atoms with Crippen molar-refractivity contribution in [1.82, 2.24) is 4.98 Å². The fourth-order valence-electron chi connectivity index (χ4n) is 3.67. The largest absolute Gasteiger partial charge is 0.366 e. The molecule has 0 saturated carbocycles. The molecule has 0 aromatic carbocycles. The van der Waals surface area contributed by atoms with Gasteiger partial charge < -0.3 is 14.8 Å². The predicted molar refractivity (Wildman–Crippen MR) is 85.7 cm³/mol. The molecule has 5 nitrogen and oxygen atoms in total. The van der Waals surface area contributed by atoms with Gasteiger partial charge in [-0.3, -0.25) is 0 Å². The quantitative estimate of drug-likeness (QED) is 0.428. The number of pyridine rings is 1. The Morgan fingerprint density at radius 1 is 1.13 bits per heavy atom. The second-order valence-electron chi connectivity index (χ2n) is 6.84. The maximum absolute atomic E-state index is 10.4. The van der Waals surface area contributed by atoms with Gasteiger partial charge in [-0.15, -0.1) is 0 Å². The Bertz CT molecular complexity index is 706. The van der Waals surface area contributed by atoms with Crippen molar-refractivity contribution in [3.05, 3.63) is 48.4 Å². The number of fused-ring (bicyclic) bond motifs is 4. The van der Waals surface area contributed by atoms with Gasteiger partial charge in [-0.05, 0) is 37.0 Å². The van der Waals surface area contributed by atoms with Gasteiger partial charge in [-0.1, -0.05) is 6.07 Å². The van der Waals surface area contributed by atoms with E-state index in [0.717, 1.165) is 24.4 Å². The highest BCUT2D eigenvalue weighted by Crippen LogP contribution is 2.28.